The Kier molecular flexibility index (Phi) is 9.92. The Balaban J connectivity index is 1.46. The quantitative estimate of drug-likeness (QED) is 0.180. The summed E-state index contributed by atoms with van der Waals surface area (Å²) in [5.41, 5.74) is 4.40. The van der Waals surface area contributed by atoms with Gasteiger partial charge in [0.05, 0.1) is 25.2 Å². The standard InChI is InChI=1S/C32H47NO4Si/c1-7-8-20-38(23(2)3,24(4)5)37-25(6)31-29-22-35-32(34)30(29)33(36-31)21-28-18-16-27(17-19-28)15-14-26-12-10-9-11-13-26/h12,16-19,23-25,29-31H,7-11,13,20-22H2,1-6H3/t25-,29-,30-,31+/m1/s1. The highest BCUT2D eigenvalue weighted by Gasteiger charge is 2.56. The van der Waals surface area contributed by atoms with Gasteiger partial charge in [0.15, 0.2) is 8.32 Å². The summed E-state index contributed by atoms with van der Waals surface area (Å²) in [6, 6.07) is 9.09. The molecular weight excluding hydrogens is 490 g/mol. The SMILES string of the molecule is CCCC[Si](O[C@H](C)[C@@H]1ON(Cc2ccc(C#CC3=CCCCC3)cc2)[C@H]2C(=O)OC[C@@H]12)(C(C)C)C(C)C. The van der Waals surface area contributed by atoms with Crippen molar-refractivity contribution in [1.29, 1.82) is 0 Å². The minimum Gasteiger partial charge on any atom is -0.464 e. The first-order valence-corrected chi connectivity index (χ1v) is 17.1. The second kappa shape index (κ2) is 13.0. The number of carbonyl (C=O) groups excluding carboxylic acids is 1. The Labute approximate surface area is 231 Å². The van der Waals surface area contributed by atoms with Crippen molar-refractivity contribution in [2.75, 3.05) is 6.61 Å². The summed E-state index contributed by atoms with van der Waals surface area (Å²) >= 11 is 0. The highest BCUT2D eigenvalue weighted by molar-refractivity contribution is 6.76. The van der Waals surface area contributed by atoms with E-state index in [1.807, 2.05) is 5.06 Å². The van der Waals surface area contributed by atoms with E-state index in [2.05, 4.69) is 83.7 Å². The van der Waals surface area contributed by atoms with Crippen LogP contribution in [0.1, 0.15) is 91.2 Å². The highest BCUT2D eigenvalue weighted by atomic mass is 28.4. The lowest BCUT2D eigenvalue weighted by atomic mass is 9.95. The van der Waals surface area contributed by atoms with Gasteiger partial charge in [-0.25, -0.2) is 0 Å². The van der Waals surface area contributed by atoms with Crippen LogP contribution in [-0.2, 0) is 25.3 Å². The maximum Gasteiger partial charge on any atom is 0.326 e. The number of rotatable bonds is 10. The number of hydroxylamine groups is 2. The van der Waals surface area contributed by atoms with E-state index >= 15 is 0 Å². The van der Waals surface area contributed by atoms with E-state index in [1.165, 1.54) is 31.3 Å². The number of benzene rings is 1. The molecule has 3 aliphatic rings. The Morgan fingerprint density at radius 2 is 1.82 bits per heavy atom. The molecular formula is C32H47NO4Si. The summed E-state index contributed by atoms with van der Waals surface area (Å²) in [6.45, 7) is 14.6. The molecule has 0 radical (unpaired) electrons. The maximum atomic E-state index is 12.8. The number of hydrogen-bond acceptors (Lipinski definition) is 5. The van der Waals surface area contributed by atoms with Gasteiger partial charge in [-0.3, -0.25) is 9.63 Å². The molecule has 0 N–H and O–H groups in total. The van der Waals surface area contributed by atoms with E-state index in [9.17, 15) is 4.79 Å². The van der Waals surface area contributed by atoms with E-state index in [-0.39, 0.29) is 30.1 Å². The largest absolute Gasteiger partial charge is 0.464 e. The van der Waals surface area contributed by atoms with Crippen LogP contribution in [0.15, 0.2) is 35.9 Å². The van der Waals surface area contributed by atoms with E-state index in [1.54, 1.807) is 0 Å². The summed E-state index contributed by atoms with van der Waals surface area (Å²) in [6.07, 6.45) is 9.10. The fourth-order valence-corrected chi connectivity index (χ4v) is 11.3. The summed E-state index contributed by atoms with van der Waals surface area (Å²) in [5.74, 6) is 6.45. The van der Waals surface area contributed by atoms with Crippen LogP contribution in [-0.4, -0.2) is 44.2 Å². The molecule has 2 fully saturated rings. The predicted octanol–water partition coefficient (Wildman–Crippen LogP) is 7.17. The lowest BCUT2D eigenvalue weighted by molar-refractivity contribution is -0.200. The van der Waals surface area contributed by atoms with Gasteiger partial charge in [-0.05, 0) is 73.0 Å². The number of unbranched alkanes of at least 4 members (excludes halogenated alkanes) is 1. The van der Waals surface area contributed by atoms with E-state index in [0.717, 1.165) is 30.0 Å². The second-order valence-electron chi connectivity index (χ2n) is 12.0. The summed E-state index contributed by atoms with van der Waals surface area (Å²) in [7, 11) is -2.03. The molecule has 0 unspecified atom stereocenters. The molecule has 2 aliphatic heterocycles. The van der Waals surface area contributed by atoms with Crippen LogP contribution in [0.2, 0.25) is 17.1 Å². The summed E-state index contributed by atoms with van der Waals surface area (Å²) in [4.78, 5) is 19.3. The Hall–Kier alpha value is -1.91. The molecule has 2 saturated heterocycles. The van der Waals surface area contributed by atoms with Crippen molar-refractivity contribution >= 4 is 14.3 Å². The van der Waals surface area contributed by atoms with Crippen LogP contribution in [0, 0.1) is 17.8 Å². The van der Waals surface area contributed by atoms with Crippen LogP contribution in [0.3, 0.4) is 0 Å². The molecule has 2 heterocycles. The van der Waals surface area contributed by atoms with Crippen molar-refractivity contribution in [1.82, 2.24) is 5.06 Å². The monoisotopic (exact) mass is 537 g/mol. The number of cyclic esters (lactones) is 1. The number of hydrogen-bond donors (Lipinski definition) is 0. The van der Waals surface area contributed by atoms with Crippen LogP contribution in [0.4, 0.5) is 0 Å². The first-order valence-electron chi connectivity index (χ1n) is 14.8. The summed E-state index contributed by atoms with van der Waals surface area (Å²) < 4.78 is 12.6. The zero-order valence-electron chi connectivity index (χ0n) is 24.3. The molecule has 1 aromatic rings. The Morgan fingerprint density at radius 1 is 1.08 bits per heavy atom. The van der Waals surface area contributed by atoms with Gasteiger partial charge in [-0.2, -0.15) is 5.06 Å². The second-order valence-corrected chi connectivity index (χ2v) is 17.0. The van der Waals surface area contributed by atoms with Crippen LogP contribution in [0.25, 0.3) is 0 Å². The van der Waals surface area contributed by atoms with E-state index in [4.69, 9.17) is 14.0 Å². The maximum absolute atomic E-state index is 12.8. The number of carbonyl (C=O) groups is 1. The molecule has 4 rings (SSSR count). The average Bonchev–Trinajstić information content (AvgIpc) is 3.47. The Bertz CT molecular complexity index is 1030. The van der Waals surface area contributed by atoms with Crippen LogP contribution >= 0.6 is 0 Å². The molecule has 1 aliphatic carbocycles. The van der Waals surface area contributed by atoms with Crippen LogP contribution < -0.4 is 0 Å². The molecule has 0 bridgehead atoms. The smallest absolute Gasteiger partial charge is 0.326 e. The van der Waals surface area contributed by atoms with Crippen molar-refractivity contribution in [3.05, 3.63) is 47.0 Å². The molecule has 0 aromatic heterocycles. The number of nitrogens with zero attached hydrogens (tertiary/aromatic N) is 1. The van der Waals surface area contributed by atoms with Gasteiger partial charge in [-0.1, -0.05) is 77.5 Å². The van der Waals surface area contributed by atoms with Gasteiger partial charge in [0.1, 0.15) is 12.1 Å². The lowest BCUT2D eigenvalue weighted by Gasteiger charge is -2.42. The molecule has 5 nitrogen and oxygen atoms in total. The third-order valence-electron chi connectivity index (χ3n) is 8.75. The van der Waals surface area contributed by atoms with Gasteiger partial charge in [-0.15, -0.1) is 0 Å². The fourth-order valence-electron chi connectivity index (χ4n) is 6.42. The van der Waals surface area contributed by atoms with Gasteiger partial charge in [0, 0.05) is 5.56 Å². The molecule has 0 spiro atoms. The first kappa shape index (κ1) is 29.1. The predicted molar refractivity (Wildman–Crippen MR) is 155 cm³/mol. The normalized spacial score (nSPS) is 24.7. The molecule has 0 saturated carbocycles. The minimum atomic E-state index is -2.03. The lowest BCUT2D eigenvalue weighted by Crippen LogP contribution is -2.50. The van der Waals surface area contributed by atoms with Crippen molar-refractivity contribution in [3.63, 3.8) is 0 Å². The Morgan fingerprint density at radius 3 is 2.45 bits per heavy atom. The van der Waals surface area contributed by atoms with Gasteiger partial charge in [0.25, 0.3) is 0 Å². The molecule has 208 valence electrons. The van der Waals surface area contributed by atoms with Crippen molar-refractivity contribution in [2.45, 2.75) is 122 Å². The van der Waals surface area contributed by atoms with Gasteiger partial charge in [0.2, 0.25) is 0 Å². The number of esters is 1. The third kappa shape index (κ3) is 6.45. The van der Waals surface area contributed by atoms with Gasteiger partial charge < -0.3 is 9.16 Å². The number of allylic oxidation sites excluding steroid dienone is 2. The zero-order chi connectivity index (χ0) is 27.3. The first-order chi connectivity index (χ1) is 18.2. The minimum absolute atomic E-state index is 0.0105. The fraction of sp³-hybridized carbons (Fsp3) is 0.656. The van der Waals surface area contributed by atoms with E-state index < -0.39 is 8.32 Å². The van der Waals surface area contributed by atoms with Crippen molar-refractivity contribution < 1.29 is 18.8 Å². The van der Waals surface area contributed by atoms with Crippen molar-refractivity contribution in [2.24, 2.45) is 5.92 Å². The van der Waals surface area contributed by atoms with Crippen molar-refractivity contribution in [3.8, 4) is 11.8 Å². The molecule has 6 heteroatoms. The molecule has 38 heavy (non-hydrogen) atoms. The van der Waals surface area contributed by atoms with Gasteiger partial charge >= 0.3 is 5.97 Å². The number of ether oxygens (including phenoxy) is 1. The topological polar surface area (TPSA) is 48.0 Å². The van der Waals surface area contributed by atoms with E-state index in [0.29, 0.717) is 24.2 Å². The highest BCUT2D eigenvalue weighted by Crippen LogP contribution is 2.43. The molecule has 4 atom stereocenters. The average molecular weight is 538 g/mol. The summed E-state index contributed by atoms with van der Waals surface area (Å²) in [5, 5.41) is 1.85. The third-order valence-corrected chi connectivity index (χ3v) is 14.6. The number of fused-ring (bicyclic) bond motifs is 1. The van der Waals surface area contributed by atoms with Crippen LogP contribution in [0.5, 0.6) is 0 Å². The molecule has 0 amide bonds. The zero-order valence-corrected chi connectivity index (χ0v) is 25.3. The molecule has 1 aromatic carbocycles.